The zero-order chi connectivity index (χ0) is 5.54. The Morgan fingerprint density at radius 2 is 2.29 bits per heavy atom. The van der Waals surface area contributed by atoms with Crippen molar-refractivity contribution in [2.24, 2.45) is 0 Å². The maximum Gasteiger partial charge on any atom is 0.0241 e. The van der Waals surface area contributed by atoms with E-state index in [0.717, 1.165) is 13.1 Å². The minimum absolute atomic E-state index is 0.793. The topological polar surface area (TPSA) is 12.0 Å². The first kappa shape index (κ1) is 6.79. The molecule has 7 heavy (non-hydrogen) atoms. The first-order valence-electron chi connectivity index (χ1n) is 2.17. The van der Waals surface area contributed by atoms with E-state index in [-0.39, 0.29) is 0 Å². The number of thiocarbonyl (C=S) groups is 1. The molecular weight excluding hydrogens is 106 g/mol. The molecule has 0 aromatic carbocycles. The lowest BCUT2D eigenvalue weighted by molar-refractivity contribution is 0.878. The summed E-state index contributed by atoms with van der Waals surface area (Å²) in [6, 6.07) is 0. The molecule has 0 aliphatic rings. The van der Waals surface area contributed by atoms with Crippen LogP contribution in [0.5, 0.6) is 0 Å². The quantitative estimate of drug-likeness (QED) is 0.330. The fraction of sp³-hybridized carbons (Fsp3) is 0.400. The van der Waals surface area contributed by atoms with Crippen molar-refractivity contribution < 1.29 is 0 Å². The molecule has 0 radical (unpaired) electrons. The second-order valence-electron chi connectivity index (χ2n) is 1.11. The highest BCUT2D eigenvalue weighted by molar-refractivity contribution is 7.79. The molecule has 0 aromatic heterocycles. The van der Waals surface area contributed by atoms with Crippen molar-refractivity contribution in [2.45, 2.75) is 0 Å². The highest BCUT2D eigenvalue weighted by Gasteiger charge is 1.70. The third-order valence-electron chi connectivity index (χ3n) is 0.516. The second-order valence-corrected chi connectivity index (χ2v) is 1.45. The summed E-state index contributed by atoms with van der Waals surface area (Å²) in [7, 11) is 0. The van der Waals surface area contributed by atoms with Crippen LogP contribution >= 0.6 is 12.2 Å². The summed E-state index contributed by atoms with van der Waals surface area (Å²) < 4.78 is 0. The minimum Gasteiger partial charge on any atom is -0.309 e. The fourth-order valence-electron chi connectivity index (χ4n) is 0.244. The van der Waals surface area contributed by atoms with Crippen LogP contribution in [0.25, 0.3) is 0 Å². The van der Waals surface area contributed by atoms with Gasteiger partial charge in [-0.3, -0.25) is 0 Å². The molecule has 1 N–H and O–H groups in total. The summed E-state index contributed by atoms with van der Waals surface area (Å²) in [6.45, 7) is 5.16. The molecule has 2 heteroatoms. The second kappa shape index (κ2) is 5.79. The zero-order valence-electron chi connectivity index (χ0n) is 4.18. The minimum atomic E-state index is 0.793. The molecule has 0 heterocycles. The Morgan fingerprint density at radius 3 is 2.71 bits per heavy atom. The van der Waals surface area contributed by atoms with Gasteiger partial charge in [0.2, 0.25) is 0 Å². The first-order chi connectivity index (χ1) is 3.41. The van der Waals surface area contributed by atoms with E-state index < -0.39 is 0 Å². The van der Waals surface area contributed by atoms with Crippen molar-refractivity contribution in [1.82, 2.24) is 5.32 Å². The Balaban J connectivity index is 2.68. The molecular formula is C5H9NS. The highest BCUT2D eigenvalue weighted by Crippen LogP contribution is 1.56. The first-order valence-corrected chi connectivity index (χ1v) is 2.64. The van der Waals surface area contributed by atoms with Gasteiger partial charge >= 0.3 is 0 Å². The van der Waals surface area contributed by atoms with Gasteiger partial charge in [0.05, 0.1) is 0 Å². The predicted molar refractivity (Wildman–Crippen MR) is 36.7 cm³/mol. The molecule has 0 unspecified atom stereocenters. The maximum absolute atomic E-state index is 4.54. The SMILES string of the molecule is C=CCNCC=S. The monoisotopic (exact) mass is 115 g/mol. The molecule has 0 amide bonds. The van der Waals surface area contributed by atoms with Crippen LogP contribution in [0.3, 0.4) is 0 Å². The molecule has 0 aromatic rings. The van der Waals surface area contributed by atoms with E-state index in [2.05, 4.69) is 24.1 Å². The van der Waals surface area contributed by atoms with Crippen LogP contribution in [-0.4, -0.2) is 18.5 Å². The van der Waals surface area contributed by atoms with Crippen LogP contribution in [0.4, 0.5) is 0 Å². The fourth-order valence-corrected chi connectivity index (χ4v) is 0.362. The standard InChI is InChI=1S/C5H9NS/c1-2-3-6-4-5-7/h2,5-6H,1,3-4H2. The van der Waals surface area contributed by atoms with Crippen LogP contribution in [0, 0.1) is 0 Å². The predicted octanol–water partition coefficient (Wildman–Crippen LogP) is 0.762. The van der Waals surface area contributed by atoms with E-state index in [0.29, 0.717) is 0 Å². The van der Waals surface area contributed by atoms with Gasteiger partial charge < -0.3 is 5.32 Å². The van der Waals surface area contributed by atoms with E-state index in [1.807, 2.05) is 0 Å². The van der Waals surface area contributed by atoms with Crippen LogP contribution in [0.1, 0.15) is 0 Å². The normalized spacial score (nSPS) is 8.00. The van der Waals surface area contributed by atoms with E-state index in [4.69, 9.17) is 0 Å². The highest BCUT2D eigenvalue weighted by atomic mass is 32.1. The van der Waals surface area contributed by atoms with E-state index >= 15 is 0 Å². The lowest BCUT2D eigenvalue weighted by atomic mass is 10.6. The van der Waals surface area contributed by atoms with Crippen LogP contribution in [0.15, 0.2) is 12.7 Å². The molecule has 0 aliphatic heterocycles. The number of hydrogen-bond acceptors (Lipinski definition) is 2. The van der Waals surface area contributed by atoms with E-state index in [1.54, 1.807) is 11.4 Å². The molecule has 0 fully saturated rings. The van der Waals surface area contributed by atoms with Crippen LogP contribution in [0.2, 0.25) is 0 Å². The molecule has 40 valence electrons. The molecule has 0 atom stereocenters. The van der Waals surface area contributed by atoms with Crippen molar-refractivity contribution in [3.05, 3.63) is 12.7 Å². The molecule has 0 saturated carbocycles. The van der Waals surface area contributed by atoms with Crippen LogP contribution < -0.4 is 5.32 Å². The molecule has 0 rings (SSSR count). The largest absolute Gasteiger partial charge is 0.309 e. The summed E-state index contributed by atoms with van der Waals surface area (Å²) in [5.74, 6) is 0. The summed E-state index contributed by atoms with van der Waals surface area (Å²) in [6.07, 6.45) is 1.80. The van der Waals surface area contributed by atoms with Gasteiger partial charge in [0.25, 0.3) is 0 Å². The van der Waals surface area contributed by atoms with Gasteiger partial charge in [-0.2, -0.15) is 0 Å². The summed E-state index contributed by atoms with van der Waals surface area (Å²) >= 11 is 4.54. The third-order valence-corrected chi connectivity index (χ3v) is 0.683. The smallest absolute Gasteiger partial charge is 0.0241 e. The summed E-state index contributed by atoms with van der Waals surface area (Å²) in [5, 5.41) is 4.66. The van der Waals surface area contributed by atoms with Crippen LogP contribution in [-0.2, 0) is 0 Å². The lowest BCUT2D eigenvalue weighted by Crippen LogP contribution is -2.14. The molecule has 0 bridgehead atoms. The number of hydrogen-bond donors (Lipinski definition) is 1. The van der Waals surface area contributed by atoms with E-state index in [1.165, 1.54) is 0 Å². The molecule has 0 spiro atoms. The summed E-state index contributed by atoms with van der Waals surface area (Å²) in [4.78, 5) is 0. The van der Waals surface area contributed by atoms with Crippen molar-refractivity contribution >= 4 is 17.6 Å². The van der Waals surface area contributed by atoms with Crippen molar-refractivity contribution in [2.75, 3.05) is 13.1 Å². The average Bonchev–Trinajstić information content (AvgIpc) is 1.69. The van der Waals surface area contributed by atoms with Gasteiger partial charge in [-0.15, -0.1) is 6.58 Å². The Bertz CT molecular complexity index is 53.1. The van der Waals surface area contributed by atoms with Gasteiger partial charge in [0.1, 0.15) is 0 Å². The van der Waals surface area contributed by atoms with Crippen molar-refractivity contribution in [1.29, 1.82) is 0 Å². The Morgan fingerprint density at radius 1 is 1.57 bits per heavy atom. The molecule has 0 aliphatic carbocycles. The zero-order valence-corrected chi connectivity index (χ0v) is 5.00. The average molecular weight is 115 g/mol. The van der Waals surface area contributed by atoms with Gasteiger partial charge in [-0.1, -0.05) is 18.3 Å². The van der Waals surface area contributed by atoms with E-state index in [9.17, 15) is 0 Å². The van der Waals surface area contributed by atoms with Gasteiger partial charge in [0.15, 0.2) is 0 Å². The molecule has 0 saturated heterocycles. The summed E-state index contributed by atoms with van der Waals surface area (Å²) in [5.41, 5.74) is 0. The molecule has 1 nitrogen and oxygen atoms in total. The van der Waals surface area contributed by atoms with Gasteiger partial charge in [-0.05, 0) is 5.37 Å². The maximum atomic E-state index is 4.54. The third kappa shape index (κ3) is 5.79. The van der Waals surface area contributed by atoms with Crippen molar-refractivity contribution in [3.8, 4) is 0 Å². The van der Waals surface area contributed by atoms with Gasteiger partial charge in [-0.25, -0.2) is 0 Å². The Kier molecular flexibility index (Phi) is 5.62. The Labute approximate surface area is 49.4 Å². The number of rotatable bonds is 4. The Hall–Kier alpha value is -0.210. The number of nitrogens with one attached hydrogen (secondary N) is 1. The lowest BCUT2D eigenvalue weighted by Gasteiger charge is -1.89. The van der Waals surface area contributed by atoms with Crippen molar-refractivity contribution in [3.63, 3.8) is 0 Å². The van der Waals surface area contributed by atoms with Gasteiger partial charge in [0, 0.05) is 13.1 Å².